The number of para-hydroxylation sites is 1. The van der Waals surface area contributed by atoms with E-state index in [1.165, 1.54) is 28.9 Å². The molecule has 0 spiro atoms. The average molecular weight is 427 g/mol. The number of hydrogen-bond donors (Lipinski definition) is 1. The van der Waals surface area contributed by atoms with Crippen LogP contribution in [0.2, 0.25) is 0 Å². The summed E-state index contributed by atoms with van der Waals surface area (Å²) in [5.41, 5.74) is 3.01. The number of nitrogens with one attached hydrogen (secondary N) is 1. The number of ether oxygens (including phenoxy) is 1. The van der Waals surface area contributed by atoms with Gasteiger partial charge in [0.25, 0.3) is 5.91 Å². The van der Waals surface area contributed by atoms with Crippen molar-refractivity contribution in [1.82, 2.24) is 20.3 Å². The third-order valence-corrected chi connectivity index (χ3v) is 5.00. The predicted molar refractivity (Wildman–Crippen MR) is 108 cm³/mol. The molecule has 0 bridgehead atoms. The number of carbonyl (C=O) groups is 2. The van der Waals surface area contributed by atoms with Crippen molar-refractivity contribution in [2.24, 2.45) is 0 Å². The van der Waals surface area contributed by atoms with E-state index in [9.17, 15) is 18.4 Å². The normalized spacial score (nSPS) is 12.7. The molecule has 0 radical (unpaired) electrons. The zero-order valence-electron chi connectivity index (χ0n) is 16.6. The molecule has 8 nitrogen and oxygen atoms in total. The summed E-state index contributed by atoms with van der Waals surface area (Å²) in [6, 6.07) is 13.5. The SMILES string of the molecule is Cc1c(C(=O)NCC(=O)N2CCc3ccccc32)nnn1-c1ccc(OC(F)F)cc1. The number of aromatic nitrogens is 3. The summed E-state index contributed by atoms with van der Waals surface area (Å²) >= 11 is 0. The summed E-state index contributed by atoms with van der Waals surface area (Å²) in [5.74, 6) is -0.725. The average Bonchev–Trinajstić information content (AvgIpc) is 3.36. The third kappa shape index (κ3) is 4.23. The summed E-state index contributed by atoms with van der Waals surface area (Å²) in [7, 11) is 0. The number of anilines is 1. The first kappa shape index (κ1) is 20.5. The standard InChI is InChI=1S/C21H19F2N5O3/c1-13-19(25-26-28(13)15-6-8-16(9-7-15)31-21(22)23)20(30)24-12-18(29)27-11-10-14-4-2-3-5-17(14)27/h2-9,21H,10-12H2,1H3,(H,24,30). The van der Waals surface area contributed by atoms with Gasteiger partial charge >= 0.3 is 6.61 Å². The molecule has 160 valence electrons. The van der Waals surface area contributed by atoms with Gasteiger partial charge in [0.1, 0.15) is 5.75 Å². The lowest BCUT2D eigenvalue weighted by Gasteiger charge is -2.17. The molecule has 1 aliphatic rings. The first-order valence-corrected chi connectivity index (χ1v) is 9.58. The fourth-order valence-electron chi connectivity index (χ4n) is 3.49. The molecular formula is C21H19F2N5O3. The van der Waals surface area contributed by atoms with Gasteiger partial charge < -0.3 is 15.0 Å². The number of alkyl halides is 2. The Balaban J connectivity index is 1.41. The Morgan fingerprint density at radius 3 is 2.65 bits per heavy atom. The van der Waals surface area contributed by atoms with E-state index < -0.39 is 12.5 Å². The molecule has 0 unspecified atom stereocenters. The molecule has 0 saturated carbocycles. The van der Waals surface area contributed by atoms with Crippen molar-refractivity contribution >= 4 is 17.5 Å². The Kier molecular flexibility index (Phi) is 5.61. The molecule has 2 aromatic carbocycles. The van der Waals surface area contributed by atoms with Crippen LogP contribution in [0.25, 0.3) is 5.69 Å². The maximum Gasteiger partial charge on any atom is 0.387 e. The maximum atomic E-state index is 12.6. The Morgan fingerprint density at radius 2 is 1.90 bits per heavy atom. The van der Waals surface area contributed by atoms with Crippen LogP contribution in [-0.2, 0) is 11.2 Å². The Labute approximate surface area is 176 Å². The van der Waals surface area contributed by atoms with Gasteiger partial charge in [-0.15, -0.1) is 5.10 Å². The van der Waals surface area contributed by atoms with E-state index in [-0.39, 0.29) is 23.9 Å². The minimum absolute atomic E-state index is 0.0106. The van der Waals surface area contributed by atoms with Crippen LogP contribution in [0.3, 0.4) is 0 Å². The molecule has 2 amide bonds. The van der Waals surface area contributed by atoms with Crippen LogP contribution in [0.5, 0.6) is 5.75 Å². The van der Waals surface area contributed by atoms with Crippen molar-refractivity contribution in [1.29, 1.82) is 0 Å². The van der Waals surface area contributed by atoms with E-state index in [1.54, 1.807) is 11.8 Å². The van der Waals surface area contributed by atoms with Crippen LogP contribution >= 0.6 is 0 Å². The second kappa shape index (κ2) is 8.50. The predicted octanol–water partition coefficient (Wildman–Crippen LogP) is 2.50. The molecule has 1 aliphatic heterocycles. The number of amides is 2. The number of nitrogens with zero attached hydrogens (tertiary/aromatic N) is 4. The summed E-state index contributed by atoms with van der Waals surface area (Å²) in [4.78, 5) is 26.8. The van der Waals surface area contributed by atoms with Crippen LogP contribution in [0, 0.1) is 6.92 Å². The van der Waals surface area contributed by atoms with Gasteiger partial charge in [0, 0.05) is 12.2 Å². The van der Waals surface area contributed by atoms with Crippen molar-refractivity contribution in [2.45, 2.75) is 20.0 Å². The molecule has 1 N–H and O–H groups in total. The first-order chi connectivity index (χ1) is 14.9. The maximum absolute atomic E-state index is 12.6. The monoisotopic (exact) mass is 427 g/mol. The highest BCUT2D eigenvalue weighted by Crippen LogP contribution is 2.27. The highest BCUT2D eigenvalue weighted by Gasteiger charge is 2.25. The van der Waals surface area contributed by atoms with Crippen molar-refractivity contribution in [2.75, 3.05) is 18.0 Å². The van der Waals surface area contributed by atoms with E-state index in [4.69, 9.17) is 0 Å². The molecule has 1 aromatic heterocycles. The Bertz CT molecular complexity index is 1110. The van der Waals surface area contributed by atoms with E-state index in [1.807, 2.05) is 24.3 Å². The topological polar surface area (TPSA) is 89.4 Å². The van der Waals surface area contributed by atoms with E-state index in [2.05, 4.69) is 20.4 Å². The number of benzene rings is 2. The Morgan fingerprint density at radius 1 is 1.16 bits per heavy atom. The van der Waals surface area contributed by atoms with E-state index in [0.717, 1.165) is 17.7 Å². The Hall–Kier alpha value is -3.82. The van der Waals surface area contributed by atoms with Crippen molar-refractivity contribution in [3.63, 3.8) is 0 Å². The number of hydrogen-bond acceptors (Lipinski definition) is 5. The molecule has 0 aliphatic carbocycles. The number of carbonyl (C=O) groups excluding carboxylic acids is 2. The highest BCUT2D eigenvalue weighted by atomic mass is 19.3. The van der Waals surface area contributed by atoms with Gasteiger partial charge in [-0.2, -0.15) is 8.78 Å². The lowest BCUT2D eigenvalue weighted by molar-refractivity contribution is -0.117. The molecule has 0 saturated heterocycles. The van der Waals surface area contributed by atoms with Crippen molar-refractivity contribution < 1.29 is 23.1 Å². The third-order valence-electron chi connectivity index (χ3n) is 5.00. The minimum Gasteiger partial charge on any atom is -0.435 e. The molecule has 0 atom stereocenters. The van der Waals surface area contributed by atoms with E-state index in [0.29, 0.717) is 17.9 Å². The fraction of sp³-hybridized carbons (Fsp3) is 0.238. The molecule has 4 rings (SSSR count). The van der Waals surface area contributed by atoms with Crippen molar-refractivity contribution in [3.8, 4) is 11.4 Å². The summed E-state index contributed by atoms with van der Waals surface area (Å²) in [5, 5.41) is 10.4. The van der Waals surface area contributed by atoms with Gasteiger partial charge in [-0.25, -0.2) is 4.68 Å². The van der Waals surface area contributed by atoms with Gasteiger partial charge in [-0.05, 0) is 49.2 Å². The van der Waals surface area contributed by atoms with Gasteiger partial charge in [-0.3, -0.25) is 9.59 Å². The molecule has 31 heavy (non-hydrogen) atoms. The number of halogens is 2. The van der Waals surface area contributed by atoms with E-state index >= 15 is 0 Å². The molecular weight excluding hydrogens is 408 g/mol. The lowest BCUT2D eigenvalue weighted by atomic mass is 10.2. The summed E-state index contributed by atoms with van der Waals surface area (Å²) < 4.78 is 30.3. The van der Waals surface area contributed by atoms with Crippen LogP contribution in [0.1, 0.15) is 21.7 Å². The van der Waals surface area contributed by atoms with Crippen LogP contribution in [0.15, 0.2) is 48.5 Å². The van der Waals surface area contributed by atoms with Gasteiger partial charge in [0.05, 0.1) is 17.9 Å². The van der Waals surface area contributed by atoms with Crippen LogP contribution in [0.4, 0.5) is 14.5 Å². The lowest BCUT2D eigenvalue weighted by Crippen LogP contribution is -2.39. The second-order valence-electron chi connectivity index (χ2n) is 6.91. The van der Waals surface area contributed by atoms with Crippen LogP contribution < -0.4 is 15.0 Å². The van der Waals surface area contributed by atoms with Gasteiger partial charge in [-0.1, -0.05) is 23.4 Å². The number of fused-ring (bicyclic) bond motifs is 1. The molecule has 0 fully saturated rings. The first-order valence-electron chi connectivity index (χ1n) is 9.58. The second-order valence-corrected chi connectivity index (χ2v) is 6.91. The largest absolute Gasteiger partial charge is 0.435 e. The summed E-state index contributed by atoms with van der Waals surface area (Å²) in [6.45, 7) is -0.851. The van der Waals surface area contributed by atoms with Crippen LogP contribution in [-0.4, -0.2) is 46.5 Å². The molecule has 2 heterocycles. The minimum atomic E-state index is -2.91. The smallest absolute Gasteiger partial charge is 0.387 e. The highest BCUT2D eigenvalue weighted by molar-refractivity contribution is 6.01. The molecule has 3 aromatic rings. The zero-order valence-corrected chi connectivity index (χ0v) is 16.6. The quantitative estimate of drug-likeness (QED) is 0.653. The zero-order chi connectivity index (χ0) is 22.0. The summed E-state index contributed by atoms with van der Waals surface area (Å²) in [6.07, 6.45) is 0.782. The van der Waals surface area contributed by atoms with Gasteiger partial charge in [0.15, 0.2) is 5.69 Å². The molecule has 10 heteroatoms. The van der Waals surface area contributed by atoms with Crippen molar-refractivity contribution in [3.05, 3.63) is 65.5 Å². The number of rotatable bonds is 6. The van der Waals surface area contributed by atoms with Gasteiger partial charge in [0.2, 0.25) is 5.91 Å². The fourth-order valence-corrected chi connectivity index (χ4v) is 3.49.